The zero-order chi connectivity index (χ0) is 14.5. The molecule has 0 aliphatic rings. The lowest BCUT2D eigenvalue weighted by atomic mass is 9.98. The second kappa shape index (κ2) is 7.07. The molecule has 0 heterocycles. The van der Waals surface area contributed by atoms with E-state index in [1.807, 2.05) is 18.2 Å². The first-order valence-corrected chi connectivity index (χ1v) is 7.31. The number of rotatable bonds is 5. The van der Waals surface area contributed by atoms with Gasteiger partial charge in [0.1, 0.15) is 5.82 Å². The summed E-state index contributed by atoms with van der Waals surface area (Å²) in [6.07, 6.45) is 0.958. The van der Waals surface area contributed by atoms with Crippen LogP contribution in [0.5, 0.6) is 0 Å². The Bertz CT molecular complexity index is 586. The van der Waals surface area contributed by atoms with Gasteiger partial charge in [0.15, 0.2) is 0 Å². The molecule has 4 heteroatoms. The van der Waals surface area contributed by atoms with E-state index in [0.717, 1.165) is 18.5 Å². The molecule has 0 saturated heterocycles. The predicted octanol–water partition coefficient (Wildman–Crippen LogP) is 5.22. The molecule has 106 valence electrons. The van der Waals surface area contributed by atoms with E-state index in [4.69, 9.17) is 23.2 Å². The Morgan fingerprint density at radius 3 is 2.60 bits per heavy atom. The van der Waals surface area contributed by atoms with Gasteiger partial charge in [0, 0.05) is 10.6 Å². The van der Waals surface area contributed by atoms with E-state index >= 15 is 0 Å². The number of nitrogens with one attached hydrogen (secondary N) is 1. The summed E-state index contributed by atoms with van der Waals surface area (Å²) in [5.74, 6) is -0.386. The lowest BCUT2D eigenvalue weighted by Crippen LogP contribution is -2.24. The molecule has 0 spiro atoms. The monoisotopic (exact) mass is 311 g/mol. The number of hydrogen-bond donors (Lipinski definition) is 1. The fourth-order valence-corrected chi connectivity index (χ4v) is 2.51. The van der Waals surface area contributed by atoms with Gasteiger partial charge in [-0.05, 0) is 36.7 Å². The summed E-state index contributed by atoms with van der Waals surface area (Å²) in [7, 11) is 0. The van der Waals surface area contributed by atoms with Crippen molar-refractivity contribution in [2.75, 3.05) is 6.54 Å². The Labute approximate surface area is 128 Å². The number of hydrogen-bond acceptors (Lipinski definition) is 1. The molecule has 1 nitrogen and oxygen atoms in total. The second-order valence-corrected chi connectivity index (χ2v) is 5.43. The summed E-state index contributed by atoms with van der Waals surface area (Å²) < 4.78 is 14.3. The van der Waals surface area contributed by atoms with Crippen molar-refractivity contribution in [2.45, 2.75) is 19.4 Å². The van der Waals surface area contributed by atoms with Crippen LogP contribution in [0.15, 0.2) is 42.5 Å². The smallest absolute Gasteiger partial charge is 0.146 e. The van der Waals surface area contributed by atoms with Gasteiger partial charge in [-0.25, -0.2) is 4.39 Å². The third-order valence-electron chi connectivity index (χ3n) is 3.07. The van der Waals surface area contributed by atoms with Gasteiger partial charge in [-0.1, -0.05) is 54.4 Å². The molecule has 2 aromatic rings. The van der Waals surface area contributed by atoms with Gasteiger partial charge in [-0.15, -0.1) is 0 Å². The molecule has 0 bridgehead atoms. The summed E-state index contributed by atoms with van der Waals surface area (Å²) >= 11 is 11.9. The van der Waals surface area contributed by atoms with Crippen LogP contribution in [-0.2, 0) is 0 Å². The van der Waals surface area contributed by atoms with Crippen LogP contribution in [0.3, 0.4) is 0 Å². The van der Waals surface area contributed by atoms with Crippen LogP contribution in [0.4, 0.5) is 4.39 Å². The Kier molecular flexibility index (Phi) is 5.41. The van der Waals surface area contributed by atoms with Crippen molar-refractivity contribution in [3.8, 4) is 0 Å². The molecular weight excluding hydrogens is 296 g/mol. The molecule has 0 fully saturated rings. The van der Waals surface area contributed by atoms with E-state index < -0.39 is 0 Å². The van der Waals surface area contributed by atoms with E-state index in [9.17, 15) is 4.39 Å². The second-order valence-electron chi connectivity index (χ2n) is 4.59. The van der Waals surface area contributed by atoms with Gasteiger partial charge in [0.25, 0.3) is 0 Å². The average Bonchev–Trinajstić information content (AvgIpc) is 2.44. The Morgan fingerprint density at radius 1 is 1.15 bits per heavy atom. The normalized spacial score (nSPS) is 12.4. The Morgan fingerprint density at radius 2 is 1.90 bits per heavy atom. The van der Waals surface area contributed by atoms with Gasteiger partial charge < -0.3 is 5.32 Å². The van der Waals surface area contributed by atoms with Crippen molar-refractivity contribution < 1.29 is 4.39 Å². The van der Waals surface area contributed by atoms with Crippen molar-refractivity contribution in [1.82, 2.24) is 5.32 Å². The highest BCUT2D eigenvalue weighted by Gasteiger charge is 2.19. The fourth-order valence-electron chi connectivity index (χ4n) is 2.13. The van der Waals surface area contributed by atoms with Crippen molar-refractivity contribution in [2.24, 2.45) is 0 Å². The standard InChI is InChI=1S/C16H16Cl2FN/c1-2-9-20-16(11-5-3-6-12(17)10-11)13-7-4-8-14(18)15(13)19/h3-8,10,16,20H,2,9H2,1H3. The van der Waals surface area contributed by atoms with Gasteiger partial charge >= 0.3 is 0 Å². The summed E-state index contributed by atoms with van der Waals surface area (Å²) in [6, 6.07) is 12.2. The number of benzene rings is 2. The summed E-state index contributed by atoms with van der Waals surface area (Å²) in [6.45, 7) is 2.85. The zero-order valence-electron chi connectivity index (χ0n) is 11.2. The summed E-state index contributed by atoms with van der Waals surface area (Å²) in [5.41, 5.74) is 1.46. The van der Waals surface area contributed by atoms with Crippen LogP contribution in [0.2, 0.25) is 10.0 Å². The van der Waals surface area contributed by atoms with E-state index in [-0.39, 0.29) is 16.9 Å². The predicted molar refractivity (Wildman–Crippen MR) is 83.0 cm³/mol. The van der Waals surface area contributed by atoms with Gasteiger partial charge in [-0.2, -0.15) is 0 Å². The van der Waals surface area contributed by atoms with Crippen LogP contribution in [-0.4, -0.2) is 6.54 Å². The molecule has 0 aliphatic carbocycles. The topological polar surface area (TPSA) is 12.0 Å². The number of halogens is 3. The highest BCUT2D eigenvalue weighted by molar-refractivity contribution is 6.31. The highest BCUT2D eigenvalue weighted by atomic mass is 35.5. The first-order valence-electron chi connectivity index (χ1n) is 6.56. The van der Waals surface area contributed by atoms with Crippen molar-refractivity contribution in [1.29, 1.82) is 0 Å². The van der Waals surface area contributed by atoms with Gasteiger partial charge in [0.05, 0.1) is 11.1 Å². The SMILES string of the molecule is CCCNC(c1cccc(Cl)c1)c1cccc(Cl)c1F. The maximum atomic E-state index is 14.3. The molecule has 0 radical (unpaired) electrons. The Hall–Kier alpha value is -1.09. The first kappa shape index (κ1) is 15.3. The molecule has 2 rings (SSSR count). The minimum atomic E-state index is -0.386. The lowest BCUT2D eigenvalue weighted by Gasteiger charge is -2.20. The molecule has 2 aromatic carbocycles. The minimum absolute atomic E-state index is 0.132. The minimum Gasteiger partial charge on any atom is -0.306 e. The van der Waals surface area contributed by atoms with Crippen LogP contribution >= 0.6 is 23.2 Å². The maximum Gasteiger partial charge on any atom is 0.146 e. The molecule has 0 aromatic heterocycles. The maximum absolute atomic E-state index is 14.3. The summed E-state index contributed by atoms with van der Waals surface area (Å²) in [5, 5.41) is 4.10. The summed E-state index contributed by atoms with van der Waals surface area (Å²) in [4.78, 5) is 0. The zero-order valence-corrected chi connectivity index (χ0v) is 12.7. The molecular formula is C16H16Cl2FN. The quantitative estimate of drug-likeness (QED) is 0.798. The molecule has 1 N–H and O–H groups in total. The van der Waals surface area contributed by atoms with Gasteiger partial charge in [-0.3, -0.25) is 0 Å². The third-order valence-corrected chi connectivity index (χ3v) is 3.60. The lowest BCUT2D eigenvalue weighted by molar-refractivity contribution is 0.547. The van der Waals surface area contributed by atoms with E-state index in [1.165, 1.54) is 0 Å². The molecule has 20 heavy (non-hydrogen) atoms. The Balaban J connectivity index is 2.44. The first-order chi connectivity index (χ1) is 9.63. The average molecular weight is 312 g/mol. The molecule has 0 amide bonds. The molecule has 1 atom stereocenters. The van der Waals surface area contributed by atoms with E-state index in [2.05, 4.69) is 12.2 Å². The molecule has 0 aliphatic heterocycles. The van der Waals surface area contributed by atoms with Crippen LogP contribution in [0.25, 0.3) is 0 Å². The third kappa shape index (κ3) is 3.51. The van der Waals surface area contributed by atoms with E-state index in [0.29, 0.717) is 10.6 Å². The van der Waals surface area contributed by atoms with Crippen LogP contribution < -0.4 is 5.32 Å². The van der Waals surface area contributed by atoms with Gasteiger partial charge in [0.2, 0.25) is 0 Å². The largest absolute Gasteiger partial charge is 0.306 e. The van der Waals surface area contributed by atoms with Crippen molar-refractivity contribution >= 4 is 23.2 Å². The van der Waals surface area contributed by atoms with Crippen molar-refractivity contribution in [3.63, 3.8) is 0 Å². The van der Waals surface area contributed by atoms with Crippen molar-refractivity contribution in [3.05, 3.63) is 69.5 Å². The molecule has 1 unspecified atom stereocenters. The fraction of sp³-hybridized carbons (Fsp3) is 0.250. The highest BCUT2D eigenvalue weighted by Crippen LogP contribution is 2.29. The van der Waals surface area contributed by atoms with E-state index in [1.54, 1.807) is 24.3 Å². The molecule has 0 saturated carbocycles. The van der Waals surface area contributed by atoms with Crippen LogP contribution in [0, 0.1) is 5.82 Å². The van der Waals surface area contributed by atoms with Crippen LogP contribution in [0.1, 0.15) is 30.5 Å².